The number of carbonyl (C=O) groups excluding carboxylic acids is 1. The molecule has 0 atom stereocenters. The predicted octanol–water partition coefficient (Wildman–Crippen LogP) is 4.95. The third-order valence-corrected chi connectivity index (χ3v) is 4.09. The highest BCUT2D eigenvalue weighted by Crippen LogP contribution is 2.29. The summed E-state index contributed by atoms with van der Waals surface area (Å²) in [5, 5.41) is 0. The largest absolute Gasteiger partial charge is 0.494 e. The Balaban J connectivity index is 2.36. The number of ether oxygens (including phenoxy) is 1. The van der Waals surface area contributed by atoms with E-state index in [1.165, 1.54) is 5.56 Å². The van der Waals surface area contributed by atoms with Gasteiger partial charge in [-0.3, -0.25) is 4.79 Å². The third kappa shape index (κ3) is 3.53. The van der Waals surface area contributed by atoms with Gasteiger partial charge in [0.25, 0.3) is 0 Å². The smallest absolute Gasteiger partial charge is 0.194 e. The van der Waals surface area contributed by atoms with E-state index in [-0.39, 0.29) is 5.78 Å². The van der Waals surface area contributed by atoms with Crippen LogP contribution in [-0.2, 0) is 6.42 Å². The van der Waals surface area contributed by atoms with Crippen molar-refractivity contribution in [3.05, 3.63) is 63.1 Å². The van der Waals surface area contributed by atoms with Gasteiger partial charge in [-0.05, 0) is 59.5 Å². The molecule has 0 aliphatic heterocycles. The molecule has 2 nitrogen and oxygen atoms in total. The van der Waals surface area contributed by atoms with Gasteiger partial charge in [-0.25, -0.2) is 0 Å². The van der Waals surface area contributed by atoms with Crippen molar-refractivity contribution in [3.63, 3.8) is 0 Å². The zero-order valence-corrected chi connectivity index (χ0v) is 14.2. The molecule has 2 rings (SSSR count). The number of benzene rings is 2. The number of carbonyl (C=O) groups is 1. The molecule has 21 heavy (non-hydrogen) atoms. The van der Waals surface area contributed by atoms with Gasteiger partial charge in [0.05, 0.1) is 6.61 Å². The molecule has 2 aromatic carbocycles. The van der Waals surface area contributed by atoms with Crippen LogP contribution in [0.5, 0.6) is 5.75 Å². The Kier molecular flexibility index (Phi) is 5.18. The second-order valence-corrected chi connectivity index (χ2v) is 5.76. The summed E-state index contributed by atoms with van der Waals surface area (Å²) in [7, 11) is 0. The van der Waals surface area contributed by atoms with E-state index >= 15 is 0 Å². The molecule has 0 heterocycles. The van der Waals surface area contributed by atoms with E-state index in [0.717, 1.165) is 22.2 Å². The van der Waals surface area contributed by atoms with Crippen LogP contribution in [0.25, 0.3) is 0 Å². The van der Waals surface area contributed by atoms with Gasteiger partial charge in [0.2, 0.25) is 0 Å². The standard InChI is InChI=1S/C18H19BrO2/c1-4-13-6-8-14(9-7-13)18(20)15-10-12(3)17(21-5-2)11-16(15)19/h6-11H,4-5H2,1-3H3. The lowest BCUT2D eigenvalue weighted by Crippen LogP contribution is -2.04. The van der Waals surface area contributed by atoms with Crippen LogP contribution in [0.3, 0.4) is 0 Å². The normalized spacial score (nSPS) is 10.5. The molecule has 0 N–H and O–H groups in total. The summed E-state index contributed by atoms with van der Waals surface area (Å²) in [5.74, 6) is 0.831. The van der Waals surface area contributed by atoms with Gasteiger partial charge in [0.15, 0.2) is 5.78 Å². The molecule has 0 aromatic heterocycles. The van der Waals surface area contributed by atoms with Gasteiger partial charge in [0, 0.05) is 15.6 Å². The molecule has 0 bridgehead atoms. The zero-order valence-electron chi connectivity index (χ0n) is 12.6. The number of halogens is 1. The van der Waals surface area contributed by atoms with Crippen LogP contribution in [0.2, 0.25) is 0 Å². The highest BCUT2D eigenvalue weighted by atomic mass is 79.9. The van der Waals surface area contributed by atoms with E-state index < -0.39 is 0 Å². The molecule has 3 heteroatoms. The molecule has 0 amide bonds. The second kappa shape index (κ2) is 6.90. The van der Waals surface area contributed by atoms with Crippen molar-refractivity contribution in [2.45, 2.75) is 27.2 Å². The Morgan fingerprint density at radius 1 is 1.14 bits per heavy atom. The van der Waals surface area contributed by atoms with Gasteiger partial charge in [0.1, 0.15) is 5.75 Å². The highest BCUT2D eigenvalue weighted by Gasteiger charge is 2.15. The van der Waals surface area contributed by atoms with E-state index in [1.807, 2.05) is 50.2 Å². The van der Waals surface area contributed by atoms with E-state index in [9.17, 15) is 4.79 Å². The third-order valence-electron chi connectivity index (χ3n) is 3.43. The maximum Gasteiger partial charge on any atom is 0.194 e. The number of hydrogen-bond acceptors (Lipinski definition) is 2. The highest BCUT2D eigenvalue weighted by molar-refractivity contribution is 9.10. The Bertz CT molecular complexity index is 645. The summed E-state index contributed by atoms with van der Waals surface area (Å²) in [6.07, 6.45) is 0.973. The van der Waals surface area contributed by atoms with Crippen molar-refractivity contribution in [2.75, 3.05) is 6.61 Å². The fraction of sp³-hybridized carbons (Fsp3) is 0.278. The molecule has 0 spiro atoms. The lowest BCUT2D eigenvalue weighted by molar-refractivity contribution is 0.103. The van der Waals surface area contributed by atoms with Crippen molar-refractivity contribution < 1.29 is 9.53 Å². The Hall–Kier alpha value is -1.61. The minimum atomic E-state index is 0.0238. The molecule has 0 unspecified atom stereocenters. The van der Waals surface area contributed by atoms with Crippen molar-refractivity contribution in [1.82, 2.24) is 0 Å². The Labute approximate surface area is 134 Å². The average Bonchev–Trinajstić information content (AvgIpc) is 2.50. The van der Waals surface area contributed by atoms with Crippen molar-refractivity contribution in [2.24, 2.45) is 0 Å². The van der Waals surface area contributed by atoms with Crippen LogP contribution in [-0.4, -0.2) is 12.4 Å². The molecule has 0 aliphatic rings. The fourth-order valence-electron chi connectivity index (χ4n) is 2.20. The SMILES string of the molecule is CCOc1cc(Br)c(C(=O)c2ccc(CC)cc2)cc1C. The molecule has 2 aromatic rings. The molecular weight excluding hydrogens is 328 g/mol. The van der Waals surface area contributed by atoms with E-state index in [2.05, 4.69) is 22.9 Å². The molecule has 0 saturated heterocycles. The van der Waals surface area contributed by atoms with Crippen LogP contribution in [0.4, 0.5) is 0 Å². The first-order chi connectivity index (χ1) is 10.1. The van der Waals surface area contributed by atoms with E-state index in [0.29, 0.717) is 17.7 Å². The summed E-state index contributed by atoms with van der Waals surface area (Å²) in [4.78, 5) is 12.6. The van der Waals surface area contributed by atoms with Crippen molar-refractivity contribution >= 4 is 21.7 Å². The molecule has 0 fully saturated rings. The van der Waals surface area contributed by atoms with Gasteiger partial charge >= 0.3 is 0 Å². The predicted molar refractivity (Wildman–Crippen MR) is 89.3 cm³/mol. The molecule has 0 saturated carbocycles. The monoisotopic (exact) mass is 346 g/mol. The number of aryl methyl sites for hydroxylation is 2. The number of ketones is 1. The fourth-order valence-corrected chi connectivity index (χ4v) is 2.70. The maximum atomic E-state index is 12.6. The van der Waals surface area contributed by atoms with E-state index in [4.69, 9.17) is 4.74 Å². The van der Waals surface area contributed by atoms with E-state index in [1.54, 1.807) is 0 Å². The lowest BCUT2D eigenvalue weighted by Gasteiger charge is -2.11. The number of rotatable bonds is 5. The minimum Gasteiger partial charge on any atom is -0.494 e. The average molecular weight is 347 g/mol. The first-order valence-corrected chi connectivity index (χ1v) is 7.92. The molecule has 110 valence electrons. The van der Waals surface area contributed by atoms with Gasteiger partial charge in [-0.1, -0.05) is 31.2 Å². The minimum absolute atomic E-state index is 0.0238. The Morgan fingerprint density at radius 2 is 1.81 bits per heavy atom. The summed E-state index contributed by atoms with van der Waals surface area (Å²) in [6, 6.07) is 11.5. The maximum absolute atomic E-state index is 12.6. The van der Waals surface area contributed by atoms with Crippen molar-refractivity contribution in [3.8, 4) is 5.75 Å². The van der Waals surface area contributed by atoms with Crippen LogP contribution in [0.15, 0.2) is 40.9 Å². The van der Waals surface area contributed by atoms with Crippen LogP contribution < -0.4 is 4.74 Å². The quantitative estimate of drug-likeness (QED) is 0.716. The first-order valence-electron chi connectivity index (χ1n) is 7.13. The summed E-state index contributed by atoms with van der Waals surface area (Å²) in [6.45, 7) is 6.61. The molecule has 0 radical (unpaired) electrons. The lowest BCUT2D eigenvalue weighted by atomic mass is 10.00. The van der Waals surface area contributed by atoms with Crippen LogP contribution in [0, 0.1) is 6.92 Å². The van der Waals surface area contributed by atoms with Crippen LogP contribution in [0.1, 0.15) is 40.9 Å². The molecular formula is C18H19BrO2. The van der Waals surface area contributed by atoms with Gasteiger partial charge in [-0.2, -0.15) is 0 Å². The molecule has 0 aliphatic carbocycles. The van der Waals surface area contributed by atoms with Crippen molar-refractivity contribution in [1.29, 1.82) is 0 Å². The number of hydrogen-bond donors (Lipinski definition) is 0. The zero-order chi connectivity index (χ0) is 15.4. The van der Waals surface area contributed by atoms with Crippen LogP contribution >= 0.6 is 15.9 Å². The summed E-state index contributed by atoms with van der Waals surface area (Å²) < 4.78 is 6.31. The summed E-state index contributed by atoms with van der Waals surface area (Å²) in [5.41, 5.74) is 3.57. The topological polar surface area (TPSA) is 26.3 Å². The van der Waals surface area contributed by atoms with Gasteiger partial charge < -0.3 is 4.74 Å². The van der Waals surface area contributed by atoms with Gasteiger partial charge in [-0.15, -0.1) is 0 Å². The Morgan fingerprint density at radius 3 is 2.38 bits per heavy atom. The first kappa shape index (κ1) is 15.8. The second-order valence-electron chi connectivity index (χ2n) is 4.91. The summed E-state index contributed by atoms with van der Waals surface area (Å²) >= 11 is 3.48.